The van der Waals surface area contributed by atoms with Crippen molar-refractivity contribution in [3.05, 3.63) is 0 Å². The first-order valence-electron chi connectivity index (χ1n) is 8.71. The maximum atomic E-state index is 9.59. The third kappa shape index (κ3) is 3.98. The maximum absolute atomic E-state index is 9.59. The van der Waals surface area contributed by atoms with Crippen LogP contribution in [0.2, 0.25) is 0 Å². The van der Waals surface area contributed by atoms with Crippen LogP contribution in [0, 0.1) is 28.6 Å². The highest BCUT2D eigenvalue weighted by Crippen LogP contribution is 2.46. The summed E-state index contributed by atoms with van der Waals surface area (Å²) in [6, 6.07) is 2.70. The van der Waals surface area contributed by atoms with Crippen molar-refractivity contribution >= 4 is 0 Å². The van der Waals surface area contributed by atoms with Gasteiger partial charge in [-0.05, 0) is 43.9 Å². The summed E-state index contributed by atoms with van der Waals surface area (Å²) in [5, 5.41) is 9.59. The van der Waals surface area contributed by atoms with Crippen molar-refractivity contribution in [3.63, 3.8) is 0 Å². The third-order valence-electron chi connectivity index (χ3n) is 5.80. The summed E-state index contributed by atoms with van der Waals surface area (Å²) in [7, 11) is 0. The molecule has 0 aliphatic heterocycles. The smallest absolute Gasteiger partial charge is 0.0689 e. The van der Waals surface area contributed by atoms with Crippen molar-refractivity contribution in [2.75, 3.05) is 0 Å². The highest BCUT2D eigenvalue weighted by atomic mass is 14.4. The van der Waals surface area contributed by atoms with Gasteiger partial charge in [0.05, 0.1) is 11.5 Å². The Morgan fingerprint density at radius 2 is 1.58 bits per heavy atom. The second kappa shape index (κ2) is 7.32. The fourth-order valence-corrected chi connectivity index (χ4v) is 4.40. The first kappa shape index (κ1) is 14.9. The zero-order valence-corrected chi connectivity index (χ0v) is 12.8. The average Bonchev–Trinajstić information content (AvgIpc) is 2.49. The summed E-state index contributed by atoms with van der Waals surface area (Å²) in [5.74, 6) is 1.95. The predicted molar refractivity (Wildman–Crippen MR) is 80.7 cm³/mol. The molecule has 0 unspecified atom stereocenters. The van der Waals surface area contributed by atoms with Crippen LogP contribution in [0.1, 0.15) is 90.4 Å². The van der Waals surface area contributed by atoms with Crippen molar-refractivity contribution in [1.29, 1.82) is 5.26 Å². The van der Waals surface area contributed by atoms with E-state index in [2.05, 4.69) is 13.0 Å². The quantitative estimate of drug-likeness (QED) is 0.570. The summed E-state index contributed by atoms with van der Waals surface area (Å²) in [6.45, 7) is 2.25. The average molecular weight is 261 g/mol. The number of hydrogen-bond donors (Lipinski definition) is 0. The lowest BCUT2D eigenvalue weighted by Gasteiger charge is -2.39. The molecule has 2 aliphatic rings. The molecule has 0 atom stereocenters. The Kier molecular flexibility index (Phi) is 5.74. The van der Waals surface area contributed by atoms with E-state index in [0.717, 1.165) is 18.3 Å². The normalized spacial score (nSPS) is 32.9. The monoisotopic (exact) mass is 261 g/mol. The molecule has 2 saturated carbocycles. The molecule has 0 aromatic carbocycles. The molecule has 0 N–H and O–H groups in total. The molecule has 2 fully saturated rings. The summed E-state index contributed by atoms with van der Waals surface area (Å²) >= 11 is 0. The van der Waals surface area contributed by atoms with Gasteiger partial charge >= 0.3 is 0 Å². The van der Waals surface area contributed by atoms with E-state index < -0.39 is 0 Å². The van der Waals surface area contributed by atoms with Gasteiger partial charge in [-0.2, -0.15) is 5.26 Å². The summed E-state index contributed by atoms with van der Waals surface area (Å²) in [5.41, 5.74) is 0.0559. The molecule has 0 saturated heterocycles. The highest BCUT2D eigenvalue weighted by molar-refractivity contribution is 5.02. The lowest BCUT2D eigenvalue weighted by atomic mass is 9.64. The Morgan fingerprint density at radius 1 is 0.947 bits per heavy atom. The van der Waals surface area contributed by atoms with E-state index >= 15 is 0 Å². The van der Waals surface area contributed by atoms with Crippen molar-refractivity contribution in [2.45, 2.75) is 90.4 Å². The zero-order valence-electron chi connectivity index (χ0n) is 12.8. The van der Waals surface area contributed by atoms with E-state index in [1.54, 1.807) is 0 Å². The maximum Gasteiger partial charge on any atom is 0.0689 e. The van der Waals surface area contributed by atoms with E-state index in [1.165, 1.54) is 77.0 Å². The first-order valence-corrected chi connectivity index (χ1v) is 8.71. The number of rotatable bonds is 5. The van der Waals surface area contributed by atoms with Gasteiger partial charge in [0.25, 0.3) is 0 Å². The van der Waals surface area contributed by atoms with Crippen molar-refractivity contribution in [2.24, 2.45) is 17.3 Å². The topological polar surface area (TPSA) is 23.8 Å². The molecule has 2 aliphatic carbocycles. The fourth-order valence-electron chi connectivity index (χ4n) is 4.40. The van der Waals surface area contributed by atoms with E-state index in [-0.39, 0.29) is 5.41 Å². The van der Waals surface area contributed by atoms with E-state index in [0.29, 0.717) is 0 Å². The highest BCUT2D eigenvalue weighted by Gasteiger charge is 2.37. The predicted octanol–water partition coefficient (Wildman–Crippen LogP) is 5.85. The summed E-state index contributed by atoms with van der Waals surface area (Å²) < 4.78 is 0. The molecule has 1 nitrogen and oxygen atoms in total. The Labute approximate surface area is 119 Å². The van der Waals surface area contributed by atoms with Crippen LogP contribution in [0.15, 0.2) is 0 Å². The van der Waals surface area contributed by atoms with Gasteiger partial charge < -0.3 is 0 Å². The number of nitrogens with zero attached hydrogens (tertiary/aromatic N) is 1. The van der Waals surface area contributed by atoms with Crippen LogP contribution in [-0.4, -0.2) is 0 Å². The van der Waals surface area contributed by atoms with Crippen LogP contribution >= 0.6 is 0 Å². The van der Waals surface area contributed by atoms with E-state index in [1.807, 2.05) is 0 Å². The molecule has 19 heavy (non-hydrogen) atoms. The van der Waals surface area contributed by atoms with E-state index in [4.69, 9.17) is 0 Å². The molecular formula is C18H31N. The van der Waals surface area contributed by atoms with Crippen molar-refractivity contribution < 1.29 is 0 Å². The van der Waals surface area contributed by atoms with Gasteiger partial charge in [0.15, 0.2) is 0 Å². The lowest BCUT2D eigenvalue weighted by Crippen LogP contribution is -2.30. The minimum Gasteiger partial charge on any atom is -0.198 e. The second-order valence-corrected chi connectivity index (χ2v) is 7.08. The van der Waals surface area contributed by atoms with Crippen molar-refractivity contribution in [1.82, 2.24) is 0 Å². The summed E-state index contributed by atoms with van der Waals surface area (Å²) in [4.78, 5) is 0. The van der Waals surface area contributed by atoms with Crippen molar-refractivity contribution in [3.8, 4) is 6.07 Å². The molecule has 0 heterocycles. The summed E-state index contributed by atoms with van der Waals surface area (Å²) in [6.07, 6.45) is 17.4. The molecule has 0 amide bonds. The molecule has 108 valence electrons. The Hall–Kier alpha value is -0.510. The van der Waals surface area contributed by atoms with Gasteiger partial charge in [0.1, 0.15) is 0 Å². The Morgan fingerprint density at radius 3 is 2.16 bits per heavy atom. The van der Waals surface area contributed by atoms with Gasteiger partial charge in [0, 0.05) is 0 Å². The molecule has 1 heteroatoms. The Bertz CT molecular complexity index is 287. The fraction of sp³-hybridized carbons (Fsp3) is 0.944. The first-order chi connectivity index (χ1) is 9.29. The molecule has 0 aromatic rings. The van der Waals surface area contributed by atoms with Crippen LogP contribution in [0.25, 0.3) is 0 Å². The zero-order chi connectivity index (χ0) is 13.6. The van der Waals surface area contributed by atoms with Gasteiger partial charge in [-0.1, -0.05) is 58.3 Å². The Balaban J connectivity index is 1.80. The van der Waals surface area contributed by atoms with Gasteiger partial charge in [-0.3, -0.25) is 0 Å². The molecule has 2 rings (SSSR count). The molecule has 0 spiro atoms. The molecular weight excluding hydrogens is 230 g/mol. The third-order valence-corrected chi connectivity index (χ3v) is 5.80. The van der Waals surface area contributed by atoms with Gasteiger partial charge in [-0.25, -0.2) is 0 Å². The van der Waals surface area contributed by atoms with Crippen LogP contribution in [-0.2, 0) is 0 Å². The number of unbranched alkanes of at least 4 members (excludes halogenated alkanes) is 2. The minimum atomic E-state index is 0.0559. The van der Waals surface area contributed by atoms with Crippen LogP contribution in [0.5, 0.6) is 0 Å². The number of hydrogen-bond acceptors (Lipinski definition) is 1. The van der Waals surface area contributed by atoms with Crippen LogP contribution < -0.4 is 0 Å². The minimum absolute atomic E-state index is 0.0559. The van der Waals surface area contributed by atoms with E-state index in [9.17, 15) is 5.26 Å². The largest absolute Gasteiger partial charge is 0.198 e. The molecule has 0 bridgehead atoms. The van der Waals surface area contributed by atoms with Gasteiger partial charge in [-0.15, -0.1) is 0 Å². The standard InChI is InChI=1S/C18H31N/c1-2-3-7-12-18(15-19)13-10-17(11-14-18)16-8-5-4-6-9-16/h16-17H,2-14H2,1H3/t17-,18+. The molecule has 0 radical (unpaired) electrons. The second-order valence-electron chi connectivity index (χ2n) is 7.08. The lowest BCUT2D eigenvalue weighted by molar-refractivity contribution is 0.129. The van der Waals surface area contributed by atoms with Crippen LogP contribution in [0.4, 0.5) is 0 Å². The van der Waals surface area contributed by atoms with Gasteiger partial charge in [0.2, 0.25) is 0 Å². The van der Waals surface area contributed by atoms with Crippen LogP contribution in [0.3, 0.4) is 0 Å². The SMILES string of the molecule is CCCCC[C@]1(C#N)CC[C@@H](C2CCCCC2)CC1. The number of nitriles is 1. The molecule has 0 aromatic heterocycles.